The Balaban J connectivity index is 1.35. The van der Waals surface area contributed by atoms with Gasteiger partial charge in [0.05, 0.1) is 12.2 Å². The Bertz CT molecular complexity index is 908. The van der Waals surface area contributed by atoms with E-state index in [1.807, 2.05) is 25.4 Å². The molecule has 2 aromatic rings. The Morgan fingerprint density at radius 2 is 2.04 bits per heavy atom. The lowest BCUT2D eigenvalue weighted by Crippen LogP contribution is -2.47. The van der Waals surface area contributed by atoms with Gasteiger partial charge in [0.15, 0.2) is 0 Å². The second-order valence-corrected chi connectivity index (χ2v) is 10.3. The van der Waals surface area contributed by atoms with Crippen LogP contribution in [0.3, 0.4) is 0 Å². The molecule has 0 aromatic carbocycles. The fourth-order valence-electron chi connectivity index (χ4n) is 5.34. The van der Waals surface area contributed by atoms with Crippen molar-refractivity contribution >= 4 is 11.3 Å². The number of likely N-dealkylation sites (tertiary alicyclic amines) is 1. The number of hydrogen-bond acceptors (Lipinski definition) is 5. The van der Waals surface area contributed by atoms with Crippen molar-refractivity contribution in [3.8, 4) is 0 Å². The van der Waals surface area contributed by atoms with Crippen LogP contribution in [0, 0.1) is 5.92 Å². The average molecular weight is 399 g/mol. The molecule has 0 unspecified atom stereocenters. The fourth-order valence-corrected chi connectivity index (χ4v) is 6.54. The molecular formula is C22H30N4OS. The lowest BCUT2D eigenvalue weighted by atomic mass is 9.83. The molecule has 28 heavy (non-hydrogen) atoms. The van der Waals surface area contributed by atoms with Crippen molar-refractivity contribution in [1.82, 2.24) is 19.4 Å². The molecule has 2 aromatic heterocycles. The van der Waals surface area contributed by atoms with Gasteiger partial charge in [0, 0.05) is 48.2 Å². The molecule has 0 N–H and O–H groups in total. The van der Waals surface area contributed by atoms with Crippen LogP contribution in [-0.2, 0) is 32.5 Å². The summed E-state index contributed by atoms with van der Waals surface area (Å²) in [6.45, 7) is 4.71. The number of aryl methyl sites for hydroxylation is 2. The third kappa shape index (κ3) is 3.46. The number of rotatable bonds is 4. The zero-order valence-corrected chi connectivity index (χ0v) is 17.8. The molecule has 5 rings (SSSR count). The molecule has 0 amide bonds. The first kappa shape index (κ1) is 18.5. The molecule has 6 heteroatoms. The second-order valence-electron chi connectivity index (χ2n) is 9.11. The standard InChI is InChI=1S/C22H30N4OS/c1-24(2)12-16-7-8-19-17-9-15(11-26(19)22(16)27)10-25(13-17)14-21-23-18-5-3-4-6-20(18)28-21/h7-8,15,17H,3-6,9-14H2,1-2H3/t15-,17+/m0/s1. The van der Waals surface area contributed by atoms with Crippen molar-refractivity contribution in [3.63, 3.8) is 0 Å². The van der Waals surface area contributed by atoms with Gasteiger partial charge in [-0.25, -0.2) is 4.98 Å². The number of pyridine rings is 1. The Labute approximate surface area is 171 Å². The Morgan fingerprint density at radius 1 is 1.18 bits per heavy atom. The van der Waals surface area contributed by atoms with E-state index >= 15 is 0 Å². The van der Waals surface area contributed by atoms with Crippen LogP contribution in [0.1, 0.15) is 52.0 Å². The summed E-state index contributed by atoms with van der Waals surface area (Å²) in [5.74, 6) is 1.05. The topological polar surface area (TPSA) is 41.4 Å². The van der Waals surface area contributed by atoms with Gasteiger partial charge in [-0.1, -0.05) is 6.07 Å². The summed E-state index contributed by atoms with van der Waals surface area (Å²) in [5.41, 5.74) is 3.75. The second kappa shape index (κ2) is 7.39. The maximum Gasteiger partial charge on any atom is 0.255 e. The number of fused-ring (bicyclic) bond motifs is 5. The summed E-state index contributed by atoms with van der Waals surface area (Å²) in [6.07, 6.45) is 6.24. The molecule has 0 radical (unpaired) electrons. The lowest BCUT2D eigenvalue weighted by molar-refractivity contribution is 0.114. The SMILES string of the molecule is CN(C)Cc1ccc2n(c1=O)C[C@H]1C[C@@H]2CN(Cc2nc3c(s2)CCCC3)C1. The average Bonchev–Trinajstić information content (AvgIpc) is 3.06. The largest absolute Gasteiger partial charge is 0.312 e. The zero-order chi connectivity index (χ0) is 19.3. The van der Waals surface area contributed by atoms with Crippen LogP contribution >= 0.6 is 11.3 Å². The Kier molecular flexibility index (Phi) is 4.89. The molecular weight excluding hydrogens is 368 g/mol. The highest BCUT2D eigenvalue weighted by Gasteiger charge is 2.35. The quantitative estimate of drug-likeness (QED) is 0.794. The van der Waals surface area contributed by atoms with Crippen molar-refractivity contribution in [2.45, 2.75) is 57.7 Å². The molecule has 1 fully saturated rings. The molecule has 2 atom stereocenters. The number of aromatic nitrogens is 2. The molecule has 2 aliphatic heterocycles. The lowest BCUT2D eigenvalue weighted by Gasteiger charge is -2.42. The summed E-state index contributed by atoms with van der Waals surface area (Å²) in [4.78, 5) is 24.1. The van der Waals surface area contributed by atoms with E-state index in [1.165, 1.54) is 53.4 Å². The first-order valence-electron chi connectivity index (χ1n) is 10.6. The minimum atomic E-state index is 0.224. The number of nitrogens with zero attached hydrogens (tertiary/aromatic N) is 4. The van der Waals surface area contributed by atoms with Crippen LogP contribution in [0.25, 0.3) is 0 Å². The molecule has 1 saturated heterocycles. The minimum absolute atomic E-state index is 0.224. The van der Waals surface area contributed by atoms with Crippen LogP contribution in [0.15, 0.2) is 16.9 Å². The molecule has 0 spiro atoms. The van der Waals surface area contributed by atoms with E-state index in [0.717, 1.165) is 38.3 Å². The number of thiazole rings is 1. The van der Waals surface area contributed by atoms with Gasteiger partial charge in [0.2, 0.25) is 0 Å². The van der Waals surface area contributed by atoms with E-state index in [0.29, 0.717) is 11.8 Å². The van der Waals surface area contributed by atoms with Gasteiger partial charge in [-0.05, 0) is 58.2 Å². The first-order chi connectivity index (χ1) is 13.6. The van der Waals surface area contributed by atoms with Gasteiger partial charge >= 0.3 is 0 Å². The zero-order valence-electron chi connectivity index (χ0n) is 17.0. The van der Waals surface area contributed by atoms with Crippen molar-refractivity contribution in [2.24, 2.45) is 5.92 Å². The van der Waals surface area contributed by atoms with Crippen LogP contribution in [0.4, 0.5) is 0 Å². The Hall–Kier alpha value is -1.50. The molecule has 4 heterocycles. The van der Waals surface area contributed by atoms with Crippen LogP contribution in [0.2, 0.25) is 0 Å². The van der Waals surface area contributed by atoms with E-state index < -0.39 is 0 Å². The highest BCUT2D eigenvalue weighted by molar-refractivity contribution is 7.11. The van der Waals surface area contributed by atoms with Crippen molar-refractivity contribution < 1.29 is 0 Å². The van der Waals surface area contributed by atoms with E-state index in [2.05, 4.69) is 26.5 Å². The van der Waals surface area contributed by atoms with E-state index in [4.69, 9.17) is 4.98 Å². The van der Waals surface area contributed by atoms with E-state index in [1.54, 1.807) is 0 Å². The van der Waals surface area contributed by atoms with Gasteiger partial charge in [-0.3, -0.25) is 9.69 Å². The normalized spacial score (nSPS) is 24.2. The minimum Gasteiger partial charge on any atom is -0.312 e. The third-order valence-electron chi connectivity index (χ3n) is 6.49. The summed E-state index contributed by atoms with van der Waals surface area (Å²) < 4.78 is 2.08. The Morgan fingerprint density at radius 3 is 2.86 bits per heavy atom. The molecule has 1 aliphatic carbocycles. The molecule has 2 bridgehead atoms. The maximum absolute atomic E-state index is 13.0. The summed E-state index contributed by atoms with van der Waals surface area (Å²) in [5, 5.41) is 1.30. The van der Waals surface area contributed by atoms with Gasteiger partial charge in [0.25, 0.3) is 5.56 Å². The molecule has 0 saturated carbocycles. The van der Waals surface area contributed by atoms with Crippen LogP contribution < -0.4 is 5.56 Å². The van der Waals surface area contributed by atoms with E-state index in [-0.39, 0.29) is 5.56 Å². The van der Waals surface area contributed by atoms with Gasteiger partial charge in [0.1, 0.15) is 5.01 Å². The van der Waals surface area contributed by atoms with Crippen molar-refractivity contribution in [1.29, 1.82) is 0 Å². The highest BCUT2D eigenvalue weighted by Crippen LogP contribution is 2.36. The summed E-state index contributed by atoms with van der Waals surface area (Å²) in [6, 6.07) is 4.27. The van der Waals surface area contributed by atoms with Gasteiger partial charge < -0.3 is 9.47 Å². The number of hydrogen-bond donors (Lipinski definition) is 0. The van der Waals surface area contributed by atoms with Gasteiger partial charge in [-0.15, -0.1) is 11.3 Å². The predicted octanol–water partition coefficient (Wildman–Crippen LogP) is 2.86. The maximum atomic E-state index is 13.0. The third-order valence-corrected chi connectivity index (χ3v) is 7.64. The first-order valence-corrected chi connectivity index (χ1v) is 11.5. The van der Waals surface area contributed by atoms with Gasteiger partial charge in [-0.2, -0.15) is 0 Å². The summed E-state index contributed by atoms with van der Waals surface area (Å²) in [7, 11) is 4.04. The van der Waals surface area contributed by atoms with Crippen molar-refractivity contribution in [2.75, 3.05) is 27.2 Å². The van der Waals surface area contributed by atoms with E-state index in [9.17, 15) is 4.79 Å². The van der Waals surface area contributed by atoms with Crippen LogP contribution in [0.5, 0.6) is 0 Å². The van der Waals surface area contributed by atoms with Crippen molar-refractivity contribution in [3.05, 3.63) is 49.3 Å². The highest BCUT2D eigenvalue weighted by atomic mass is 32.1. The van der Waals surface area contributed by atoms with Crippen LogP contribution in [-0.4, -0.2) is 46.5 Å². The number of piperidine rings is 1. The predicted molar refractivity (Wildman–Crippen MR) is 113 cm³/mol. The molecule has 150 valence electrons. The fraction of sp³-hybridized carbons (Fsp3) is 0.636. The molecule has 3 aliphatic rings. The molecule has 5 nitrogen and oxygen atoms in total. The summed E-state index contributed by atoms with van der Waals surface area (Å²) >= 11 is 1.94. The monoisotopic (exact) mass is 398 g/mol. The smallest absolute Gasteiger partial charge is 0.255 e.